The van der Waals surface area contributed by atoms with E-state index in [2.05, 4.69) is 15.7 Å². The Morgan fingerprint density at radius 1 is 1.12 bits per heavy atom. The van der Waals surface area contributed by atoms with E-state index in [9.17, 15) is 18.0 Å². The lowest BCUT2D eigenvalue weighted by Gasteiger charge is -2.36. The number of rotatable bonds is 6. The maximum absolute atomic E-state index is 13.0. The van der Waals surface area contributed by atoms with Gasteiger partial charge in [-0.1, -0.05) is 42.5 Å². The zero-order valence-electron chi connectivity index (χ0n) is 19.2. The number of aromatic nitrogens is 2. The number of anilines is 1. The molecule has 0 unspecified atom stereocenters. The molecule has 2 heterocycles. The summed E-state index contributed by atoms with van der Waals surface area (Å²) in [6.45, 7) is 6.41. The van der Waals surface area contributed by atoms with Gasteiger partial charge in [-0.25, -0.2) is 0 Å². The van der Waals surface area contributed by atoms with Crippen LogP contribution in [0.3, 0.4) is 0 Å². The van der Waals surface area contributed by atoms with Gasteiger partial charge in [-0.05, 0) is 37.1 Å². The summed E-state index contributed by atoms with van der Waals surface area (Å²) in [6.07, 6.45) is -4.37. The van der Waals surface area contributed by atoms with Crippen LogP contribution >= 0.6 is 0 Å². The van der Waals surface area contributed by atoms with Crippen molar-refractivity contribution in [3.8, 4) is 0 Å². The minimum Gasteiger partial charge on any atom is -0.322 e. The molecular weight excluding hydrogens is 443 g/mol. The summed E-state index contributed by atoms with van der Waals surface area (Å²) in [6, 6.07) is 15.0. The third-order valence-electron chi connectivity index (χ3n) is 6.14. The van der Waals surface area contributed by atoms with Crippen molar-refractivity contribution in [2.24, 2.45) is 0 Å². The molecule has 34 heavy (non-hydrogen) atoms. The topological polar surface area (TPSA) is 62.2 Å². The van der Waals surface area contributed by atoms with Crippen molar-refractivity contribution >= 4 is 11.6 Å². The first-order valence-corrected chi connectivity index (χ1v) is 11.2. The molecule has 2 N–H and O–H groups in total. The van der Waals surface area contributed by atoms with E-state index in [0.717, 1.165) is 34.6 Å². The highest BCUT2D eigenvalue weighted by Gasteiger charge is 2.31. The average molecular weight is 472 g/mol. The summed E-state index contributed by atoms with van der Waals surface area (Å²) >= 11 is 0. The number of benzene rings is 2. The van der Waals surface area contributed by atoms with Crippen LogP contribution in [-0.2, 0) is 17.5 Å². The second-order valence-corrected chi connectivity index (χ2v) is 8.55. The fraction of sp³-hybridized carbons (Fsp3) is 0.360. The molecule has 0 spiro atoms. The number of halogens is 3. The van der Waals surface area contributed by atoms with E-state index in [1.807, 2.05) is 53.8 Å². The Labute approximate surface area is 196 Å². The second kappa shape index (κ2) is 9.99. The van der Waals surface area contributed by atoms with Crippen molar-refractivity contribution in [2.75, 3.05) is 31.5 Å². The number of nitrogens with zero attached hydrogens (tertiary/aromatic N) is 3. The SMILES string of the molecule is Cc1nn(Cc2ccccc2)c(C)c1NC(=O)CN1CCNC[C@@H]1c1ccc(C(F)(F)F)cc1. The van der Waals surface area contributed by atoms with Crippen LogP contribution in [0.5, 0.6) is 0 Å². The zero-order valence-corrected chi connectivity index (χ0v) is 19.2. The lowest BCUT2D eigenvalue weighted by atomic mass is 10.0. The van der Waals surface area contributed by atoms with Crippen LogP contribution in [0.2, 0.25) is 0 Å². The van der Waals surface area contributed by atoms with Crippen molar-refractivity contribution in [3.63, 3.8) is 0 Å². The Bertz CT molecular complexity index is 1130. The molecule has 2 aromatic carbocycles. The first kappa shape index (κ1) is 24.0. The molecule has 0 radical (unpaired) electrons. The molecule has 0 aliphatic carbocycles. The van der Waals surface area contributed by atoms with Crippen molar-refractivity contribution in [1.29, 1.82) is 0 Å². The predicted octanol–water partition coefficient (Wildman–Crippen LogP) is 4.15. The first-order valence-electron chi connectivity index (χ1n) is 11.2. The standard InChI is InChI=1S/C25H28F3N5O/c1-17-24(18(2)33(31-17)15-19-6-4-3-5-7-19)30-23(34)16-32-13-12-29-14-22(32)20-8-10-21(11-9-20)25(26,27)28/h3-11,22,29H,12-16H2,1-2H3,(H,30,34)/t22-/m1/s1. The van der Waals surface area contributed by atoms with Crippen LogP contribution in [0.15, 0.2) is 54.6 Å². The average Bonchev–Trinajstić information content (AvgIpc) is 3.07. The van der Waals surface area contributed by atoms with Crippen LogP contribution in [0.1, 0.15) is 34.1 Å². The summed E-state index contributed by atoms with van der Waals surface area (Å²) in [5, 5.41) is 10.8. The van der Waals surface area contributed by atoms with Crippen LogP contribution in [0.4, 0.5) is 18.9 Å². The predicted molar refractivity (Wildman–Crippen MR) is 125 cm³/mol. The Morgan fingerprint density at radius 2 is 1.82 bits per heavy atom. The van der Waals surface area contributed by atoms with Crippen molar-refractivity contribution < 1.29 is 18.0 Å². The second-order valence-electron chi connectivity index (χ2n) is 8.55. The number of alkyl halides is 3. The van der Waals surface area contributed by atoms with E-state index >= 15 is 0 Å². The number of amides is 1. The summed E-state index contributed by atoms with van der Waals surface area (Å²) in [4.78, 5) is 14.9. The third kappa shape index (κ3) is 5.48. The highest BCUT2D eigenvalue weighted by molar-refractivity contribution is 5.93. The monoisotopic (exact) mass is 471 g/mol. The Kier molecular flexibility index (Phi) is 7.04. The number of hydrogen-bond acceptors (Lipinski definition) is 4. The lowest BCUT2D eigenvalue weighted by Crippen LogP contribution is -2.48. The van der Waals surface area contributed by atoms with E-state index in [-0.39, 0.29) is 18.5 Å². The third-order valence-corrected chi connectivity index (χ3v) is 6.14. The highest BCUT2D eigenvalue weighted by atomic mass is 19.4. The maximum Gasteiger partial charge on any atom is 0.416 e. The fourth-order valence-electron chi connectivity index (χ4n) is 4.31. The van der Waals surface area contributed by atoms with Crippen LogP contribution < -0.4 is 10.6 Å². The van der Waals surface area contributed by atoms with Crippen molar-refractivity contribution in [3.05, 3.63) is 82.7 Å². The van der Waals surface area contributed by atoms with Gasteiger partial charge in [0.05, 0.1) is 35.7 Å². The number of carbonyl (C=O) groups excluding carboxylic acids is 1. The Morgan fingerprint density at radius 3 is 2.50 bits per heavy atom. The summed E-state index contributed by atoms with van der Waals surface area (Å²) in [5.41, 5.74) is 3.49. The molecule has 9 heteroatoms. The van der Waals surface area contributed by atoms with Gasteiger partial charge in [0, 0.05) is 25.7 Å². The molecule has 3 aromatic rings. The Balaban J connectivity index is 1.44. The Hall–Kier alpha value is -3.17. The number of hydrogen-bond donors (Lipinski definition) is 2. The molecule has 180 valence electrons. The van der Waals surface area contributed by atoms with E-state index in [4.69, 9.17) is 0 Å². The lowest BCUT2D eigenvalue weighted by molar-refractivity contribution is -0.137. The van der Waals surface area contributed by atoms with Crippen molar-refractivity contribution in [1.82, 2.24) is 20.0 Å². The van der Waals surface area contributed by atoms with Gasteiger partial charge in [0.1, 0.15) is 0 Å². The molecule has 1 amide bonds. The minimum atomic E-state index is -4.37. The molecule has 0 saturated carbocycles. The van der Waals surface area contributed by atoms with Gasteiger partial charge < -0.3 is 10.6 Å². The summed E-state index contributed by atoms with van der Waals surface area (Å²) < 4.78 is 40.6. The van der Waals surface area contributed by atoms with E-state index in [1.54, 1.807) is 0 Å². The minimum absolute atomic E-state index is 0.135. The summed E-state index contributed by atoms with van der Waals surface area (Å²) in [5.74, 6) is -0.177. The molecule has 4 rings (SSSR count). The van der Waals surface area contributed by atoms with Gasteiger partial charge in [0.25, 0.3) is 0 Å². The molecule has 0 bridgehead atoms. The van der Waals surface area contributed by atoms with E-state index in [0.29, 0.717) is 31.9 Å². The molecule has 6 nitrogen and oxygen atoms in total. The van der Waals surface area contributed by atoms with E-state index in [1.165, 1.54) is 12.1 Å². The number of aryl methyl sites for hydroxylation is 1. The van der Waals surface area contributed by atoms with Gasteiger partial charge in [-0.15, -0.1) is 0 Å². The van der Waals surface area contributed by atoms with Crippen LogP contribution in [0.25, 0.3) is 0 Å². The number of piperazine rings is 1. The number of nitrogens with one attached hydrogen (secondary N) is 2. The molecule has 1 saturated heterocycles. The molecule has 1 aliphatic heterocycles. The number of carbonyl (C=O) groups is 1. The van der Waals surface area contributed by atoms with E-state index < -0.39 is 11.7 Å². The molecular formula is C25H28F3N5O. The normalized spacial score (nSPS) is 17.0. The molecule has 1 atom stereocenters. The first-order chi connectivity index (χ1) is 16.2. The summed E-state index contributed by atoms with van der Waals surface area (Å²) in [7, 11) is 0. The largest absolute Gasteiger partial charge is 0.416 e. The quantitative estimate of drug-likeness (QED) is 0.567. The maximum atomic E-state index is 13.0. The van der Waals surface area contributed by atoms with Crippen LogP contribution in [-0.4, -0.2) is 46.8 Å². The highest BCUT2D eigenvalue weighted by Crippen LogP contribution is 2.31. The van der Waals surface area contributed by atoms with Gasteiger partial charge >= 0.3 is 6.18 Å². The van der Waals surface area contributed by atoms with Gasteiger partial charge in [-0.2, -0.15) is 18.3 Å². The smallest absolute Gasteiger partial charge is 0.322 e. The zero-order chi connectivity index (χ0) is 24.3. The van der Waals surface area contributed by atoms with Crippen LogP contribution in [0, 0.1) is 13.8 Å². The molecule has 1 aromatic heterocycles. The van der Waals surface area contributed by atoms with Gasteiger partial charge in [-0.3, -0.25) is 14.4 Å². The van der Waals surface area contributed by atoms with Crippen molar-refractivity contribution in [2.45, 2.75) is 32.6 Å². The fourth-order valence-corrected chi connectivity index (χ4v) is 4.31. The van der Waals surface area contributed by atoms with Gasteiger partial charge in [0.15, 0.2) is 0 Å². The molecule has 1 fully saturated rings. The molecule has 1 aliphatic rings. The van der Waals surface area contributed by atoms with Gasteiger partial charge in [0.2, 0.25) is 5.91 Å².